The Morgan fingerprint density at radius 1 is 1.50 bits per heavy atom. The number of aromatic nitrogens is 1. The number of hydrogen-bond donors (Lipinski definition) is 1. The van der Waals surface area contributed by atoms with E-state index in [1.54, 1.807) is 13.2 Å². The third kappa shape index (κ3) is 3.12. The topological polar surface area (TPSA) is 34.1 Å². The van der Waals surface area contributed by atoms with Crippen LogP contribution < -0.4 is 5.32 Å². The lowest BCUT2D eigenvalue weighted by atomic mass is 10.1. The largest absolute Gasteiger partial charge is 0.446 e. The molecule has 0 atom stereocenters. The number of hydrogen-bond acceptors (Lipinski definition) is 3. The molecule has 0 amide bonds. The smallest absolute Gasteiger partial charge is 0.185 e. The molecular formula is C13H18N2O. The van der Waals surface area contributed by atoms with Crippen LogP contribution in [0.15, 0.2) is 42.6 Å². The highest BCUT2D eigenvalue weighted by Crippen LogP contribution is 2.20. The van der Waals surface area contributed by atoms with Crippen molar-refractivity contribution >= 4 is 5.57 Å². The standard InChI is InChI=1S/C13H18N2O/c1-5-13(16-11(3)14-4)10(2)12-8-6-7-9-15-12/h6-9,14H,3,5H2,1-2,4H3/b13-10-. The van der Waals surface area contributed by atoms with E-state index in [2.05, 4.69) is 16.9 Å². The van der Waals surface area contributed by atoms with Crippen LogP contribution in [0.3, 0.4) is 0 Å². The van der Waals surface area contributed by atoms with Crippen LogP contribution in [0, 0.1) is 0 Å². The van der Waals surface area contributed by atoms with Crippen molar-refractivity contribution in [3.05, 3.63) is 48.3 Å². The van der Waals surface area contributed by atoms with Gasteiger partial charge in [-0.1, -0.05) is 13.0 Å². The highest BCUT2D eigenvalue weighted by molar-refractivity contribution is 5.62. The van der Waals surface area contributed by atoms with Gasteiger partial charge in [0.15, 0.2) is 5.88 Å². The third-order valence-electron chi connectivity index (χ3n) is 2.31. The summed E-state index contributed by atoms with van der Waals surface area (Å²) in [5.74, 6) is 1.44. The number of nitrogens with one attached hydrogen (secondary N) is 1. The Labute approximate surface area is 96.9 Å². The number of allylic oxidation sites excluding steroid dienone is 2. The van der Waals surface area contributed by atoms with Crippen molar-refractivity contribution in [1.82, 2.24) is 10.3 Å². The van der Waals surface area contributed by atoms with E-state index in [1.165, 1.54) is 0 Å². The first-order valence-corrected chi connectivity index (χ1v) is 5.34. The fourth-order valence-corrected chi connectivity index (χ4v) is 1.34. The maximum atomic E-state index is 5.60. The Balaban J connectivity index is 2.95. The summed E-state index contributed by atoms with van der Waals surface area (Å²) in [5.41, 5.74) is 1.97. The zero-order valence-electron chi connectivity index (χ0n) is 10.1. The van der Waals surface area contributed by atoms with Gasteiger partial charge < -0.3 is 10.1 Å². The molecule has 1 aromatic rings. The van der Waals surface area contributed by atoms with Gasteiger partial charge in [0.1, 0.15) is 5.76 Å². The molecule has 1 heterocycles. The average molecular weight is 218 g/mol. The van der Waals surface area contributed by atoms with Gasteiger partial charge in [0, 0.05) is 25.2 Å². The lowest BCUT2D eigenvalue weighted by molar-refractivity contribution is 0.275. The summed E-state index contributed by atoms with van der Waals surface area (Å²) in [4.78, 5) is 4.29. The van der Waals surface area contributed by atoms with Gasteiger partial charge in [0.25, 0.3) is 0 Å². The predicted octanol–water partition coefficient (Wildman–Crippen LogP) is 2.93. The number of nitrogens with zero attached hydrogens (tertiary/aromatic N) is 1. The Bertz CT molecular complexity index is 382. The summed E-state index contributed by atoms with van der Waals surface area (Å²) in [6, 6.07) is 5.83. The molecule has 0 bridgehead atoms. The van der Waals surface area contributed by atoms with Crippen LogP contribution in [0.25, 0.3) is 5.57 Å². The normalized spacial score (nSPS) is 11.7. The lowest BCUT2D eigenvalue weighted by Crippen LogP contribution is -2.08. The van der Waals surface area contributed by atoms with E-state index in [4.69, 9.17) is 4.74 Å². The van der Waals surface area contributed by atoms with Gasteiger partial charge in [-0.05, 0) is 25.6 Å². The Hall–Kier alpha value is -1.77. The zero-order valence-corrected chi connectivity index (χ0v) is 10.1. The first-order chi connectivity index (χ1) is 7.69. The van der Waals surface area contributed by atoms with E-state index < -0.39 is 0 Å². The quantitative estimate of drug-likeness (QED) is 0.771. The van der Waals surface area contributed by atoms with Gasteiger partial charge in [-0.2, -0.15) is 0 Å². The van der Waals surface area contributed by atoms with E-state index in [1.807, 2.05) is 32.0 Å². The van der Waals surface area contributed by atoms with Gasteiger partial charge in [0.2, 0.25) is 0 Å². The van der Waals surface area contributed by atoms with Crippen LogP contribution >= 0.6 is 0 Å². The molecule has 86 valence electrons. The van der Waals surface area contributed by atoms with Crippen molar-refractivity contribution in [3.8, 4) is 0 Å². The monoisotopic (exact) mass is 218 g/mol. The molecule has 16 heavy (non-hydrogen) atoms. The van der Waals surface area contributed by atoms with Gasteiger partial charge in [0.05, 0.1) is 5.69 Å². The summed E-state index contributed by atoms with van der Waals surface area (Å²) < 4.78 is 5.60. The minimum absolute atomic E-state index is 0.548. The SMILES string of the molecule is C=C(NC)O/C(CC)=C(/C)c1ccccn1. The maximum absolute atomic E-state index is 5.60. The second kappa shape index (κ2) is 5.95. The molecule has 1 rings (SSSR count). The number of ether oxygens (including phenoxy) is 1. The fraction of sp³-hybridized carbons (Fsp3) is 0.308. The minimum Gasteiger partial charge on any atom is -0.446 e. The maximum Gasteiger partial charge on any atom is 0.185 e. The fourth-order valence-electron chi connectivity index (χ4n) is 1.34. The van der Waals surface area contributed by atoms with Crippen LogP contribution in [-0.4, -0.2) is 12.0 Å². The van der Waals surface area contributed by atoms with Crippen molar-refractivity contribution in [2.24, 2.45) is 0 Å². The van der Waals surface area contributed by atoms with E-state index >= 15 is 0 Å². The summed E-state index contributed by atoms with van der Waals surface area (Å²) in [6.45, 7) is 7.80. The molecule has 3 nitrogen and oxygen atoms in total. The molecule has 0 unspecified atom stereocenters. The molecular weight excluding hydrogens is 200 g/mol. The van der Waals surface area contributed by atoms with E-state index in [9.17, 15) is 0 Å². The summed E-state index contributed by atoms with van der Waals surface area (Å²) in [6.07, 6.45) is 2.59. The van der Waals surface area contributed by atoms with Gasteiger partial charge in [-0.15, -0.1) is 0 Å². The molecule has 0 aliphatic carbocycles. The third-order valence-corrected chi connectivity index (χ3v) is 2.31. The van der Waals surface area contributed by atoms with Crippen LogP contribution in [0.2, 0.25) is 0 Å². The average Bonchev–Trinajstić information content (AvgIpc) is 2.35. The van der Waals surface area contributed by atoms with E-state index in [-0.39, 0.29) is 0 Å². The molecule has 0 saturated carbocycles. The second-order valence-corrected chi connectivity index (χ2v) is 3.39. The van der Waals surface area contributed by atoms with Crippen LogP contribution in [0.4, 0.5) is 0 Å². The molecule has 0 fully saturated rings. The first-order valence-electron chi connectivity index (χ1n) is 5.34. The molecule has 0 aliphatic rings. The molecule has 0 aromatic carbocycles. The van der Waals surface area contributed by atoms with Crippen molar-refractivity contribution in [1.29, 1.82) is 0 Å². The van der Waals surface area contributed by atoms with Crippen molar-refractivity contribution in [2.75, 3.05) is 7.05 Å². The van der Waals surface area contributed by atoms with Crippen molar-refractivity contribution in [3.63, 3.8) is 0 Å². The van der Waals surface area contributed by atoms with Crippen LogP contribution in [0.5, 0.6) is 0 Å². The van der Waals surface area contributed by atoms with Crippen molar-refractivity contribution < 1.29 is 4.74 Å². The molecule has 0 spiro atoms. The van der Waals surface area contributed by atoms with Gasteiger partial charge >= 0.3 is 0 Å². The highest BCUT2D eigenvalue weighted by Gasteiger charge is 2.06. The molecule has 1 aromatic heterocycles. The van der Waals surface area contributed by atoms with Gasteiger partial charge in [-0.25, -0.2) is 0 Å². The molecule has 0 saturated heterocycles. The predicted molar refractivity (Wildman–Crippen MR) is 66.4 cm³/mol. The molecule has 0 radical (unpaired) electrons. The summed E-state index contributed by atoms with van der Waals surface area (Å²) in [7, 11) is 1.78. The molecule has 0 aliphatic heterocycles. The van der Waals surface area contributed by atoms with E-state index in [0.29, 0.717) is 5.88 Å². The first kappa shape index (κ1) is 12.3. The number of rotatable bonds is 5. The molecule has 1 N–H and O–H groups in total. The minimum atomic E-state index is 0.548. The Kier molecular flexibility index (Phi) is 4.58. The van der Waals surface area contributed by atoms with Gasteiger partial charge in [-0.3, -0.25) is 4.98 Å². The lowest BCUT2D eigenvalue weighted by Gasteiger charge is -2.13. The van der Waals surface area contributed by atoms with E-state index in [0.717, 1.165) is 23.4 Å². The van der Waals surface area contributed by atoms with Crippen LogP contribution in [-0.2, 0) is 4.74 Å². The molecule has 3 heteroatoms. The zero-order chi connectivity index (χ0) is 12.0. The highest BCUT2D eigenvalue weighted by atomic mass is 16.5. The van der Waals surface area contributed by atoms with Crippen LogP contribution in [0.1, 0.15) is 26.0 Å². The summed E-state index contributed by atoms with van der Waals surface area (Å²) >= 11 is 0. The van der Waals surface area contributed by atoms with Crippen molar-refractivity contribution in [2.45, 2.75) is 20.3 Å². The number of pyridine rings is 1. The summed E-state index contributed by atoms with van der Waals surface area (Å²) in [5, 5.41) is 2.86. The Morgan fingerprint density at radius 2 is 2.25 bits per heavy atom. The Morgan fingerprint density at radius 3 is 2.75 bits per heavy atom. The second-order valence-electron chi connectivity index (χ2n) is 3.39.